The summed E-state index contributed by atoms with van der Waals surface area (Å²) < 4.78 is 77.7. The number of fused-ring (bicyclic) bond motifs is 1. The van der Waals surface area contributed by atoms with Crippen LogP contribution in [-0.4, -0.2) is 34.1 Å². The fourth-order valence-corrected chi connectivity index (χ4v) is 3.60. The van der Waals surface area contributed by atoms with Crippen molar-refractivity contribution in [3.63, 3.8) is 0 Å². The number of aryl methyl sites for hydroxylation is 1. The van der Waals surface area contributed by atoms with Gasteiger partial charge >= 0.3 is 5.51 Å². The fourth-order valence-electron chi connectivity index (χ4n) is 2.81. The van der Waals surface area contributed by atoms with Crippen molar-refractivity contribution in [2.75, 3.05) is 19.5 Å². The summed E-state index contributed by atoms with van der Waals surface area (Å²) in [6.45, 7) is 1.63. The zero-order chi connectivity index (χ0) is 22.3. The number of benzene rings is 2. The Bertz CT molecular complexity index is 1230. The highest BCUT2D eigenvalue weighted by Gasteiger charge is 2.47. The molecule has 3 rings (SSSR count). The first kappa shape index (κ1) is 21.5. The lowest BCUT2D eigenvalue weighted by atomic mass is 10.1. The summed E-state index contributed by atoms with van der Waals surface area (Å²) in [5.41, 5.74) is -4.87. The first-order chi connectivity index (χ1) is 14.0. The first-order valence-electron chi connectivity index (χ1n) is 8.37. The van der Waals surface area contributed by atoms with E-state index in [1.54, 1.807) is 25.1 Å². The molecule has 0 unspecified atom stereocenters. The van der Waals surface area contributed by atoms with Gasteiger partial charge in [0.15, 0.2) is 5.76 Å². The van der Waals surface area contributed by atoms with Crippen molar-refractivity contribution in [3.05, 3.63) is 47.7 Å². The molecule has 2 aromatic carbocycles. The molecule has 0 saturated carbocycles. The Morgan fingerprint density at radius 2 is 1.77 bits per heavy atom. The highest BCUT2D eigenvalue weighted by Crippen LogP contribution is 2.35. The number of hydrogen-bond donors (Lipinski definition) is 1. The number of ether oxygens (including phenoxy) is 2. The van der Waals surface area contributed by atoms with Crippen LogP contribution in [-0.2, 0) is 9.84 Å². The van der Waals surface area contributed by atoms with E-state index in [2.05, 4.69) is 5.32 Å². The molecule has 7 nitrogen and oxygen atoms in total. The molecule has 1 heterocycles. The summed E-state index contributed by atoms with van der Waals surface area (Å²) in [4.78, 5) is 11.7. The quantitative estimate of drug-likeness (QED) is 0.632. The predicted octanol–water partition coefficient (Wildman–Crippen LogP) is 4.30. The van der Waals surface area contributed by atoms with Crippen molar-refractivity contribution in [1.82, 2.24) is 0 Å². The minimum Gasteiger partial charge on any atom is -0.497 e. The number of halogens is 3. The average molecular weight is 443 g/mol. The topological polar surface area (TPSA) is 94.8 Å². The number of hydrogen-bond acceptors (Lipinski definition) is 6. The Labute approximate surface area is 169 Å². The van der Waals surface area contributed by atoms with Gasteiger partial charge in [-0.1, -0.05) is 0 Å². The summed E-state index contributed by atoms with van der Waals surface area (Å²) in [7, 11) is -2.90. The molecular formula is C19H16F3NO6S. The molecule has 1 aromatic heterocycles. The Kier molecular flexibility index (Phi) is 5.42. The van der Waals surface area contributed by atoms with E-state index in [1.807, 2.05) is 0 Å². The number of alkyl halides is 3. The fraction of sp³-hybridized carbons (Fsp3) is 0.211. The van der Waals surface area contributed by atoms with Crippen molar-refractivity contribution < 1.29 is 40.3 Å². The number of rotatable bonds is 5. The van der Waals surface area contributed by atoms with Crippen molar-refractivity contribution in [2.24, 2.45) is 0 Å². The molecule has 11 heteroatoms. The van der Waals surface area contributed by atoms with E-state index in [4.69, 9.17) is 13.9 Å². The Hall–Kier alpha value is -3.21. The molecule has 0 aliphatic heterocycles. The van der Waals surface area contributed by atoms with Gasteiger partial charge in [-0.2, -0.15) is 13.2 Å². The monoisotopic (exact) mass is 443 g/mol. The van der Waals surface area contributed by atoms with Crippen LogP contribution in [0.3, 0.4) is 0 Å². The molecule has 30 heavy (non-hydrogen) atoms. The van der Waals surface area contributed by atoms with Crippen LogP contribution in [0, 0.1) is 6.92 Å². The van der Waals surface area contributed by atoms with E-state index >= 15 is 0 Å². The SMILES string of the molecule is COc1ccc2oc(C(=O)Nc3cc(S(=O)(=O)C(F)(F)F)ccc3OC)c(C)c2c1. The lowest BCUT2D eigenvalue weighted by Crippen LogP contribution is -2.23. The molecule has 3 aromatic rings. The van der Waals surface area contributed by atoms with Crippen LogP contribution in [0.15, 0.2) is 45.7 Å². The average Bonchev–Trinajstić information content (AvgIpc) is 3.03. The molecule has 0 radical (unpaired) electrons. The molecule has 1 amide bonds. The highest BCUT2D eigenvalue weighted by molar-refractivity contribution is 7.92. The largest absolute Gasteiger partial charge is 0.501 e. The number of carbonyl (C=O) groups is 1. The van der Waals surface area contributed by atoms with Gasteiger partial charge in [-0.15, -0.1) is 0 Å². The van der Waals surface area contributed by atoms with E-state index in [0.717, 1.165) is 12.1 Å². The van der Waals surface area contributed by atoms with Crippen molar-refractivity contribution in [1.29, 1.82) is 0 Å². The number of carbonyl (C=O) groups excluding carboxylic acids is 1. The van der Waals surface area contributed by atoms with Crippen LogP contribution in [0.25, 0.3) is 11.0 Å². The van der Waals surface area contributed by atoms with Gasteiger partial charge in [0, 0.05) is 10.9 Å². The third-order valence-electron chi connectivity index (χ3n) is 4.38. The number of furan rings is 1. The molecule has 0 spiro atoms. The molecule has 0 atom stereocenters. The maximum Gasteiger partial charge on any atom is 0.501 e. The lowest BCUT2D eigenvalue weighted by Gasteiger charge is -2.13. The zero-order valence-electron chi connectivity index (χ0n) is 16.0. The van der Waals surface area contributed by atoms with Crippen LogP contribution in [0.2, 0.25) is 0 Å². The molecule has 0 fully saturated rings. The molecular weight excluding hydrogens is 427 g/mol. The lowest BCUT2D eigenvalue weighted by molar-refractivity contribution is -0.0436. The van der Waals surface area contributed by atoms with Crippen LogP contribution in [0.4, 0.5) is 18.9 Å². The number of nitrogens with one attached hydrogen (secondary N) is 1. The van der Waals surface area contributed by atoms with E-state index < -0.39 is 26.1 Å². The van der Waals surface area contributed by atoms with E-state index in [0.29, 0.717) is 28.3 Å². The minimum atomic E-state index is -5.60. The molecule has 160 valence electrons. The Morgan fingerprint density at radius 3 is 2.37 bits per heavy atom. The molecule has 0 saturated heterocycles. The van der Waals surface area contributed by atoms with Gasteiger partial charge in [-0.05, 0) is 43.3 Å². The van der Waals surface area contributed by atoms with Crippen molar-refractivity contribution in [2.45, 2.75) is 17.3 Å². The highest BCUT2D eigenvalue weighted by atomic mass is 32.2. The third kappa shape index (κ3) is 3.67. The van der Waals surface area contributed by atoms with Crippen LogP contribution in [0.1, 0.15) is 16.1 Å². The van der Waals surface area contributed by atoms with Gasteiger partial charge in [-0.25, -0.2) is 8.42 Å². The van der Waals surface area contributed by atoms with Gasteiger partial charge < -0.3 is 19.2 Å². The number of methoxy groups -OCH3 is 2. The normalized spacial score (nSPS) is 12.1. The van der Waals surface area contributed by atoms with E-state index in [1.165, 1.54) is 14.2 Å². The second kappa shape index (κ2) is 7.56. The van der Waals surface area contributed by atoms with Gasteiger partial charge in [0.2, 0.25) is 0 Å². The van der Waals surface area contributed by atoms with Crippen molar-refractivity contribution in [3.8, 4) is 11.5 Å². The second-order valence-corrected chi connectivity index (χ2v) is 8.12. The Morgan fingerprint density at radius 1 is 1.07 bits per heavy atom. The predicted molar refractivity (Wildman–Crippen MR) is 102 cm³/mol. The minimum absolute atomic E-state index is 0.0279. The summed E-state index contributed by atoms with van der Waals surface area (Å²) in [6.07, 6.45) is 0. The zero-order valence-corrected chi connectivity index (χ0v) is 16.8. The standard InChI is InChI=1S/C19H16F3NO6S/c1-10-13-8-11(27-2)4-6-15(13)29-17(10)18(24)23-14-9-12(5-7-16(14)28-3)30(25,26)19(20,21)22/h4-9H,1-3H3,(H,23,24). The van der Waals surface area contributed by atoms with E-state index in [9.17, 15) is 26.4 Å². The smallest absolute Gasteiger partial charge is 0.497 e. The molecule has 0 bridgehead atoms. The number of anilines is 1. The van der Waals surface area contributed by atoms with Gasteiger partial charge in [0.05, 0.1) is 24.8 Å². The van der Waals surface area contributed by atoms with Crippen LogP contribution >= 0.6 is 0 Å². The number of amides is 1. The summed E-state index contributed by atoms with van der Waals surface area (Å²) in [5, 5.41) is 2.96. The van der Waals surface area contributed by atoms with Gasteiger partial charge in [0.25, 0.3) is 15.7 Å². The first-order valence-corrected chi connectivity index (χ1v) is 9.85. The van der Waals surface area contributed by atoms with Gasteiger partial charge in [-0.3, -0.25) is 4.79 Å². The van der Waals surface area contributed by atoms with E-state index in [-0.39, 0.29) is 17.2 Å². The number of sulfone groups is 1. The Balaban J connectivity index is 2.02. The second-order valence-electron chi connectivity index (χ2n) is 6.18. The summed E-state index contributed by atoms with van der Waals surface area (Å²) in [6, 6.07) is 7.36. The maximum absolute atomic E-state index is 12.9. The maximum atomic E-state index is 12.9. The van der Waals surface area contributed by atoms with Crippen molar-refractivity contribution >= 4 is 32.4 Å². The molecule has 0 aliphatic carbocycles. The molecule has 0 aliphatic rings. The summed E-state index contributed by atoms with van der Waals surface area (Å²) in [5.74, 6) is -0.364. The van der Waals surface area contributed by atoms with Gasteiger partial charge in [0.1, 0.15) is 17.1 Å². The van der Waals surface area contributed by atoms with Crippen LogP contribution < -0.4 is 14.8 Å². The summed E-state index contributed by atoms with van der Waals surface area (Å²) >= 11 is 0. The molecule has 1 N–H and O–H groups in total. The third-order valence-corrected chi connectivity index (χ3v) is 5.87. The van der Waals surface area contributed by atoms with Crippen LogP contribution in [0.5, 0.6) is 11.5 Å².